The van der Waals surface area contributed by atoms with E-state index in [-0.39, 0.29) is 16.7 Å². The van der Waals surface area contributed by atoms with Gasteiger partial charge in [-0.2, -0.15) is 0 Å². The number of hydrogen-bond acceptors (Lipinski definition) is 5. The van der Waals surface area contributed by atoms with E-state index >= 15 is 0 Å². The van der Waals surface area contributed by atoms with Crippen molar-refractivity contribution in [1.82, 2.24) is 24.6 Å². The Labute approximate surface area is 171 Å². The van der Waals surface area contributed by atoms with Crippen molar-refractivity contribution < 1.29 is 4.79 Å². The summed E-state index contributed by atoms with van der Waals surface area (Å²) in [4.78, 5) is 17.5. The molecule has 1 aromatic heterocycles. The van der Waals surface area contributed by atoms with Crippen LogP contribution in [0.15, 0.2) is 35.7 Å². The average Bonchev–Trinajstić information content (AvgIpc) is 3.06. The first-order valence-electron chi connectivity index (χ1n) is 10.1. The largest absolute Gasteiger partial charge is 0.336 e. The lowest BCUT2D eigenvalue weighted by molar-refractivity contribution is -0.151. The molecule has 28 heavy (non-hydrogen) atoms. The SMILES string of the molecule is C[C@H](Sc1nncn1C)c1cccc(CC(=O)N2CCC23CCN(C)CC3)c1. The molecule has 2 fully saturated rings. The van der Waals surface area contributed by atoms with E-state index in [1.165, 1.54) is 5.56 Å². The Morgan fingerprint density at radius 1 is 1.21 bits per heavy atom. The third-order valence-electron chi connectivity index (χ3n) is 6.32. The predicted octanol–water partition coefficient (Wildman–Crippen LogP) is 2.91. The van der Waals surface area contributed by atoms with Crippen molar-refractivity contribution in [2.45, 2.75) is 48.6 Å². The number of carbonyl (C=O) groups is 1. The number of hydrogen-bond donors (Lipinski definition) is 0. The maximum absolute atomic E-state index is 13.0. The molecule has 1 atom stereocenters. The van der Waals surface area contributed by atoms with Crippen LogP contribution in [0.1, 0.15) is 42.6 Å². The Morgan fingerprint density at radius 3 is 2.61 bits per heavy atom. The number of benzene rings is 1. The molecule has 6 nitrogen and oxygen atoms in total. The Balaban J connectivity index is 1.40. The average molecular weight is 400 g/mol. The van der Waals surface area contributed by atoms with E-state index in [9.17, 15) is 4.79 Å². The van der Waals surface area contributed by atoms with Gasteiger partial charge in [-0.1, -0.05) is 36.0 Å². The summed E-state index contributed by atoms with van der Waals surface area (Å²) in [6, 6.07) is 8.44. The third kappa shape index (κ3) is 3.82. The van der Waals surface area contributed by atoms with E-state index in [4.69, 9.17) is 0 Å². The number of piperidine rings is 1. The minimum absolute atomic E-state index is 0.134. The molecule has 0 radical (unpaired) electrons. The van der Waals surface area contributed by atoms with Gasteiger partial charge in [0.25, 0.3) is 0 Å². The van der Waals surface area contributed by atoms with Gasteiger partial charge >= 0.3 is 0 Å². The van der Waals surface area contributed by atoms with Crippen molar-refractivity contribution in [2.24, 2.45) is 7.05 Å². The fourth-order valence-electron chi connectivity index (χ4n) is 4.32. The highest BCUT2D eigenvalue weighted by molar-refractivity contribution is 7.99. The third-order valence-corrected chi connectivity index (χ3v) is 7.53. The molecule has 1 amide bonds. The van der Waals surface area contributed by atoms with E-state index in [1.807, 2.05) is 11.6 Å². The van der Waals surface area contributed by atoms with Crippen molar-refractivity contribution in [3.8, 4) is 0 Å². The number of aryl methyl sites for hydroxylation is 1. The second-order valence-corrected chi connectivity index (χ2v) is 9.54. The minimum atomic E-state index is 0.134. The first-order valence-corrected chi connectivity index (χ1v) is 10.9. The van der Waals surface area contributed by atoms with Gasteiger partial charge in [0.15, 0.2) is 5.16 Å². The zero-order chi connectivity index (χ0) is 19.7. The lowest BCUT2D eigenvalue weighted by Crippen LogP contribution is -2.65. The van der Waals surface area contributed by atoms with Crippen LogP contribution in [0.25, 0.3) is 0 Å². The zero-order valence-corrected chi connectivity index (χ0v) is 17.8. The number of likely N-dealkylation sites (tertiary alicyclic amines) is 2. The van der Waals surface area contributed by atoms with E-state index in [0.717, 1.165) is 49.6 Å². The number of nitrogens with zero attached hydrogens (tertiary/aromatic N) is 5. The molecule has 2 saturated heterocycles. The van der Waals surface area contributed by atoms with Crippen molar-refractivity contribution in [3.05, 3.63) is 41.7 Å². The second-order valence-electron chi connectivity index (χ2n) is 8.23. The fraction of sp³-hybridized carbons (Fsp3) is 0.571. The van der Waals surface area contributed by atoms with Gasteiger partial charge in [0.05, 0.1) is 6.42 Å². The molecule has 1 aromatic carbocycles. The van der Waals surface area contributed by atoms with Crippen LogP contribution in [-0.4, -0.2) is 62.7 Å². The number of aromatic nitrogens is 3. The molecule has 2 aromatic rings. The Morgan fingerprint density at radius 2 is 1.96 bits per heavy atom. The van der Waals surface area contributed by atoms with Gasteiger partial charge in [0, 0.05) is 37.5 Å². The maximum atomic E-state index is 13.0. The Bertz CT molecular complexity index is 843. The van der Waals surface area contributed by atoms with Crippen LogP contribution >= 0.6 is 11.8 Å². The van der Waals surface area contributed by atoms with Gasteiger partial charge in [-0.25, -0.2) is 0 Å². The summed E-state index contributed by atoms with van der Waals surface area (Å²) in [5, 5.41) is 9.26. The van der Waals surface area contributed by atoms with Gasteiger partial charge in [-0.15, -0.1) is 10.2 Å². The van der Waals surface area contributed by atoms with Gasteiger partial charge in [-0.05, 0) is 44.4 Å². The highest BCUT2D eigenvalue weighted by Gasteiger charge is 2.48. The normalized spacial score (nSPS) is 20.2. The van der Waals surface area contributed by atoms with Gasteiger partial charge in [0.1, 0.15) is 6.33 Å². The van der Waals surface area contributed by atoms with Crippen LogP contribution in [0.2, 0.25) is 0 Å². The van der Waals surface area contributed by atoms with Crippen molar-refractivity contribution in [3.63, 3.8) is 0 Å². The van der Waals surface area contributed by atoms with Gasteiger partial charge in [0.2, 0.25) is 5.91 Å². The monoisotopic (exact) mass is 399 g/mol. The molecule has 2 aliphatic rings. The minimum Gasteiger partial charge on any atom is -0.336 e. The van der Waals surface area contributed by atoms with Crippen LogP contribution in [0.3, 0.4) is 0 Å². The highest BCUT2D eigenvalue weighted by Crippen LogP contribution is 2.40. The zero-order valence-electron chi connectivity index (χ0n) is 17.0. The quantitative estimate of drug-likeness (QED) is 0.724. The molecule has 0 aliphatic carbocycles. The number of amides is 1. The standard InChI is InChI=1S/C21H29N5OS/c1-16(28-20-23-22-15-25(20)3)18-6-4-5-17(13-18)14-19(27)26-12-9-21(26)7-10-24(2)11-8-21/h4-6,13,15-16H,7-12,14H2,1-3H3/t16-/m0/s1. The maximum Gasteiger partial charge on any atom is 0.227 e. The van der Waals surface area contributed by atoms with Crippen LogP contribution in [0, 0.1) is 0 Å². The van der Waals surface area contributed by atoms with Gasteiger partial charge in [-0.3, -0.25) is 4.79 Å². The number of rotatable bonds is 5. The summed E-state index contributed by atoms with van der Waals surface area (Å²) in [7, 11) is 4.12. The molecule has 7 heteroatoms. The van der Waals surface area contributed by atoms with Crippen molar-refractivity contribution in [2.75, 3.05) is 26.7 Å². The molecular formula is C21H29N5OS. The van der Waals surface area contributed by atoms with E-state index in [1.54, 1.807) is 18.1 Å². The lowest BCUT2D eigenvalue weighted by atomic mass is 9.76. The molecule has 2 aliphatic heterocycles. The predicted molar refractivity (Wildman–Crippen MR) is 111 cm³/mol. The number of carbonyl (C=O) groups excluding carboxylic acids is 1. The molecule has 0 saturated carbocycles. The first-order chi connectivity index (χ1) is 13.5. The highest BCUT2D eigenvalue weighted by atomic mass is 32.2. The van der Waals surface area contributed by atoms with Crippen molar-refractivity contribution in [1.29, 1.82) is 0 Å². The van der Waals surface area contributed by atoms with E-state index in [2.05, 4.69) is 58.2 Å². The molecule has 1 spiro atoms. The Kier molecular flexibility index (Phi) is 5.47. The summed E-state index contributed by atoms with van der Waals surface area (Å²) in [6.45, 7) is 5.27. The summed E-state index contributed by atoms with van der Waals surface area (Å²) >= 11 is 1.69. The summed E-state index contributed by atoms with van der Waals surface area (Å²) in [5.74, 6) is 0.279. The molecule has 4 rings (SSSR count). The molecule has 0 unspecified atom stereocenters. The van der Waals surface area contributed by atoms with Gasteiger partial charge < -0.3 is 14.4 Å². The second kappa shape index (κ2) is 7.87. The van der Waals surface area contributed by atoms with E-state index < -0.39 is 0 Å². The molecular weight excluding hydrogens is 370 g/mol. The summed E-state index contributed by atoms with van der Waals surface area (Å²) in [6.07, 6.45) is 5.60. The van der Waals surface area contributed by atoms with Crippen LogP contribution in [0.4, 0.5) is 0 Å². The molecule has 3 heterocycles. The van der Waals surface area contributed by atoms with E-state index in [0.29, 0.717) is 6.42 Å². The van der Waals surface area contributed by atoms with Crippen LogP contribution in [-0.2, 0) is 18.3 Å². The molecule has 0 bridgehead atoms. The summed E-state index contributed by atoms with van der Waals surface area (Å²) in [5.41, 5.74) is 2.45. The number of thioether (sulfide) groups is 1. The van der Waals surface area contributed by atoms with Crippen LogP contribution < -0.4 is 0 Å². The molecule has 150 valence electrons. The topological polar surface area (TPSA) is 54.3 Å². The Hall–Kier alpha value is -1.86. The first kappa shape index (κ1) is 19.5. The smallest absolute Gasteiger partial charge is 0.227 e. The lowest BCUT2D eigenvalue weighted by Gasteiger charge is -2.56. The fourth-order valence-corrected chi connectivity index (χ4v) is 5.22. The van der Waals surface area contributed by atoms with Crippen molar-refractivity contribution >= 4 is 17.7 Å². The van der Waals surface area contributed by atoms with Crippen LogP contribution in [0.5, 0.6) is 0 Å². The summed E-state index contributed by atoms with van der Waals surface area (Å²) < 4.78 is 1.93. The molecule has 0 N–H and O–H groups in total.